The molecule has 3 aliphatic carbocycles. The molecule has 4 heteroatoms. The summed E-state index contributed by atoms with van der Waals surface area (Å²) in [6, 6.07) is 4.83. The van der Waals surface area contributed by atoms with Crippen molar-refractivity contribution in [3.05, 3.63) is 41.1 Å². The van der Waals surface area contributed by atoms with E-state index in [1.807, 2.05) is 6.20 Å². The molecule has 0 spiro atoms. The van der Waals surface area contributed by atoms with Crippen LogP contribution in [0.5, 0.6) is 0 Å². The Balaban J connectivity index is 1.68. The van der Waals surface area contributed by atoms with E-state index >= 15 is 0 Å². The molecule has 0 aromatic carbocycles. The molecule has 1 fully saturated rings. The Bertz CT molecular complexity index is 922. The number of aryl methyl sites for hydroxylation is 1. The van der Waals surface area contributed by atoms with Crippen LogP contribution in [0.4, 0.5) is 0 Å². The van der Waals surface area contributed by atoms with E-state index in [-0.39, 0.29) is 6.04 Å². The van der Waals surface area contributed by atoms with Gasteiger partial charge in [-0.25, -0.2) is 4.98 Å². The number of rotatable bonds is 3. The minimum absolute atomic E-state index is 0.272. The molecular formula is C21H22N4. The summed E-state index contributed by atoms with van der Waals surface area (Å²) in [4.78, 5) is 9.52. The lowest BCUT2D eigenvalue weighted by molar-refractivity contribution is 0.329. The minimum Gasteiger partial charge on any atom is -0.327 e. The Morgan fingerprint density at radius 1 is 1.36 bits per heavy atom. The maximum Gasteiger partial charge on any atom is 0.106 e. The maximum absolute atomic E-state index is 9.45. The average molecular weight is 330 g/mol. The third kappa shape index (κ3) is 2.12. The Kier molecular flexibility index (Phi) is 3.31. The second kappa shape index (κ2) is 5.56. The molecule has 0 radical (unpaired) electrons. The van der Waals surface area contributed by atoms with Gasteiger partial charge in [-0.3, -0.25) is 4.98 Å². The lowest BCUT2D eigenvalue weighted by Crippen LogP contribution is -2.21. The smallest absolute Gasteiger partial charge is 0.106 e. The fraction of sp³-hybridized carbons (Fsp3) is 0.476. The normalized spacial score (nSPS) is 19.3. The molecular weight excluding hydrogens is 308 g/mol. The molecule has 0 N–H and O–H groups in total. The minimum atomic E-state index is 0.272. The molecule has 2 aromatic heterocycles. The third-order valence-electron chi connectivity index (χ3n) is 6.27. The number of imidazole rings is 1. The SMILES string of the molecule is Cc1nc2c(n1C(CC#N)C1CCCC1)CC1=CCc3nccc-2c31. The Morgan fingerprint density at radius 3 is 3.00 bits per heavy atom. The van der Waals surface area contributed by atoms with Gasteiger partial charge in [0, 0.05) is 30.2 Å². The van der Waals surface area contributed by atoms with Crippen molar-refractivity contribution < 1.29 is 0 Å². The Hall–Kier alpha value is -2.41. The number of fused-ring (bicyclic) bond motifs is 2. The fourth-order valence-corrected chi connectivity index (χ4v) is 5.20. The van der Waals surface area contributed by atoms with E-state index in [1.165, 1.54) is 53.8 Å². The molecule has 0 saturated heterocycles. The van der Waals surface area contributed by atoms with E-state index in [4.69, 9.17) is 4.98 Å². The van der Waals surface area contributed by atoms with Gasteiger partial charge >= 0.3 is 0 Å². The zero-order valence-corrected chi connectivity index (χ0v) is 14.6. The van der Waals surface area contributed by atoms with Gasteiger partial charge < -0.3 is 4.57 Å². The van der Waals surface area contributed by atoms with Crippen molar-refractivity contribution in [2.45, 2.75) is 57.9 Å². The summed E-state index contributed by atoms with van der Waals surface area (Å²) in [5, 5.41) is 9.45. The maximum atomic E-state index is 9.45. The second-order valence-corrected chi connectivity index (χ2v) is 7.59. The van der Waals surface area contributed by atoms with Crippen molar-refractivity contribution in [3.8, 4) is 17.3 Å². The van der Waals surface area contributed by atoms with Crippen molar-refractivity contribution in [2.75, 3.05) is 0 Å². The monoisotopic (exact) mass is 330 g/mol. The van der Waals surface area contributed by atoms with Gasteiger partial charge in [-0.1, -0.05) is 18.9 Å². The van der Waals surface area contributed by atoms with Crippen LogP contribution in [0, 0.1) is 24.2 Å². The van der Waals surface area contributed by atoms with E-state index < -0.39 is 0 Å². The fourth-order valence-electron chi connectivity index (χ4n) is 5.20. The van der Waals surface area contributed by atoms with E-state index in [0.29, 0.717) is 12.3 Å². The summed E-state index contributed by atoms with van der Waals surface area (Å²) in [5.41, 5.74) is 7.57. The highest BCUT2D eigenvalue weighted by Crippen LogP contribution is 2.46. The number of hydrogen-bond acceptors (Lipinski definition) is 3. The lowest BCUT2D eigenvalue weighted by atomic mass is 9.89. The largest absolute Gasteiger partial charge is 0.327 e. The van der Waals surface area contributed by atoms with Crippen molar-refractivity contribution in [1.29, 1.82) is 5.26 Å². The van der Waals surface area contributed by atoms with E-state index in [2.05, 4.69) is 34.7 Å². The first-order valence-electron chi connectivity index (χ1n) is 9.40. The van der Waals surface area contributed by atoms with Gasteiger partial charge in [-0.05, 0) is 37.3 Å². The number of pyridine rings is 1. The summed E-state index contributed by atoms with van der Waals surface area (Å²) in [7, 11) is 0. The highest BCUT2D eigenvalue weighted by Gasteiger charge is 2.34. The van der Waals surface area contributed by atoms with E-state index in [9.17, 15) is 5.26 Å². The molecule has 0 bridgehead atoms. The van der Waals surface area contributed by atoms with Crippen molar-refractivity contribution in [1.82, 2.24) is 14.5 Å². The summed E-state index contributed by atoms with van der Waals surface area (Å²) < 4.78 is 2.41. The standard InChI is InChI=1S/C21H22N4/c1-13-24-21-16-9-11-23-17-7-6-15(20(16)17)12-19(21)25(13)18(8-10-22)14-4-2-3-5-14/h6,9,11,14,18H,2-5,7-8,12H2,1H3. The van der Waals surface area contributed by atoms with Crippen molar-refractivity contribution >= 4 is 5.57 Å². The van der Waals surface area contributed by atoms with Crippen LogP contribution in [0.15, 0.2) is 18.3 Å². The van der Waals surface area contributed by atoms with Gasteiger partial charge in [0.25, 0.3) is 0 Å². The molecule has 0 aliphatic heterocycles. The van der Waals surface area contributed by atoms with Gasteiger partial charge in [-0.2, -0.15) is 5.26 Å². The van der Waals surface area contributed by atoms with Crippen LogP contribution in [0.25, 0.3) is 16.8 Å². The van der Waals surface area contributed by atoms with Crippen LogP contribution in [0.3, 0.4) is 0 Å². The first-order chi connectivity index (χ1) is 12.3. The van der Waals surface area contributed by atoms with Gasteiger partial charge in [0.15, 0.2) is 0 Å². The van der Waals surface area contributed by atoms with Gasteiger partial charge in [0.05, 0.1) is 35.6 Å². The molecule has 1 saturated carbocycles. The molecule has 5 rings (SSSR count). The van der Waals surface area contributed by atoms with Crippen LogP contribution in [0.2, 0.25) is 0 Å². The van der Waals surface area contributed by atoms with E-state index in [1.54, 1.807) is 0 Å². The highest BCUT2D eigenvalue weighted by molar-refractivity contribution is 5.89. The molecule has 126 valence electrons. The number of hydrogen-bond donors (Lipinski definition) is 0. The molecule has 3 aliphatic rings. The lowest BCUT2D eigenvalue weighted by Gasteiger charge is -2.28. The molecule has 1 atom stereocenters. The first kappa shape index (κ1) is 14.9. The quantitative estimate of drug-likeness (QED) is 0.838. The van der Waals surface area contributed by atoms with Crippen LogP contribution in [-0.4, -0.2) is 14.5 Å². The predicted molar refractivity (Wildman–Crippen MR) is 96.8 cm³/mol. The third-order valence-corrected chi connectivity index (χ3v) is 6.27. The Morgan fingerprint density at radius 2 is 2.20 bits per heavy atom. The average Bonchev–Trinajstić information content (AvgIpc) is 3.34. The number of allylic oxidation sites excluding steroid dienone is 2. The van der Waals surface area contributed by atoms with Crippen LogP contribution >= 0.6 is 0 Å². The molecule has 25 heavy (non-hydrogen) atoms. The number of aromatic nitrogens is 3. The summed E-state index contributed by atoms with van der Waals surface area (Å²) >= 11 is 0. The topological polar surface area (TPSA) is 54.5 Å². The molecule has 4 nitrogen and oxygen atoms in total. The van der Waals surface area contributed by atoms with E-state index in [0.717, 1.165) is 24.4 Å². The summed E-state index contributed by atoms with van der Waals surface area (Å²) in [6.07, 6.45) is 11.8. The van der Waals surface area contributed by atoms with Gasteiger partial charge in [-0.15, -0.1) is 0 Å². The first-order valence-corrected chi connectivity index (χ1v) is 9.40. The molecule has 2 heterocycles. The highest BCUT2D eigenvalue weighted by atomic mass is 15.1. The van der Waals surface area contributed by atoms with Gasteiger partial charge in [0.2, 0.25) is 0 Å². The zero-order valence-electron chi connectivity index (χ0n) is 14.6. The molecule has 2 aromatic rings. The number of nitrogens with zero attached hydrogens (tertiary/aromatic N) is 4. The Labute approximate surface area is 148 Å². The van der Waals surface area contributed by atoms with Crippen molar-refractivity contribution in [3.63, 3.8) is 0 Å². The van der Waals surface area contributed by atoms with Crippen molar-refractivity contribution in [2.24, 2.45) is 5.92 Å². The summed E-state index contributed by atoms with van der Waals surface area (Å²) in [6.45, 7) is 2.11. The van der Waals surface area contributed by atoms with Crippen LogP contribution in [-0.2, 0) is 12.8 Å². The second-order valence-electron chi connectivity index (χ2n) is 7.59. The predicted octanol–water partition coefficient (Wildman–Crippen LogP) is 4.39. The molecule has 0 amide bonds. The van der Waals surface area contributed by atoms with Gasteiger partial charge in [0.1, 0.15) is 5.82 Å². The molecule has 1 unspecified atom stereocenters. The number of nitriles is 1. The van der Waals surface area contributed by atoms with Crippen LogP contribution < -0.4 is 0 Å². The van der Waals surface area contributed by atoms with Crippen LogP contribution in [0.1, 0.15) is 60.9 Å². The zero-order chi connectivity index (χ0) is 17.0. The summed E-state index contributed by atoms with van der Waals surface area (Å²) in [5.74, 6) is 1.67.